The van der Waals surface area contributed by atoms with Crippen molar-refractivity contribution in [3.8, 4) is 5.75 Å². The highest BCUT2D eigenvalue weighted by Gasteiger charge is 2.24. The highest BCUT2D eigenvalue weighted by atomic mass is 35.5. The molecule has 0 bridgehead atoms. The minimum atomic E-state index is -4.11. The van der Waals surface area contributed by atoms with Crippen molar-refractivity contribution in [1.82, 2.24) is 5.32 Å². The third-order valence-corrected chi connectivity index (χ3v) is 6.25. The number of esters is 1. The van der Waals surface area contributed by atoms with E-state index in [0.29, 0.717) is 18.3 Å². The number of methoxy groups -OCH3 is 1. The molecule has 0 radical (unpaired) electrons. The van der Waals surface area contributed by atoms with Gasteiger partial charge in [-0.3, -0.25) is 14.3 Å². The van der Waals surface area contributed by atoms with Gasteiger partial charge in [0.05, 0.1) is 24.4 Å². The molecule has 2 aromatic rings. The van der Waals surface area contributed by atoms with E-state index in [2.05, 4.69) is 10.0 Å². The number of ether oxygens (including phenoxy) is 2. The number of benzene rings is 2. The molecule has 1 saturated carbocycles. The minimum Gasteiger partial charge on any atom is -0.495 e. The lowest BCUT2D eigenvalue weighted by molar-refractivity contribution is -0.142. The smallest absolute Gasteiger partial charge is 0.325 e. The summed E-state index contributed by atoms with van der Waals surface area (Å²) in [6.45, 7) is 0.0440. The van der Waals surface area contributed by atoms with E-state index in [9.17, 15) is 18.0 Å². The van der Waals surface area contributed by atoms with Crippen molar-refractivity contribution in [2.45, 2.75) is 17.7 Å². The number of amides is 1. The van der Waals surface area contributed by atoms with E-state index in [-0.39, 0.29) is 27.7 Å². The molecular formula is C20H21ClN2O6S. The molecule has 1 fully saturated rings. The van der Waals surface area contributed by atoms with Gasteiger partial charge in [-0.1, -0.05) is 23.7 Å². The molecule has 10 heteroatoms. The van der Waals surface area contributed by atoms with E-state index < -0.39 is 21.9 Å². The Morgan fingerprint density at radius 1 is 1.17 bits per heavy atom. The monoisotopic (exact) mass is 452 g/mol. The predicted octanol–water partition coefficient (Wildman–Crippen LogP) is 2.83. The number of halogens is 1. The lowest BCUT2D eigenvalue weighted by atomic mass is 10.2. The van der Waals surface area contributed by atoms with Crippen molar-refractivity contribution in [3.05, 3.63) is 53.1 Å². The molecule has 0 aromatic heterocycles. The topological polar surface area (TPSA) is 111 Å². The summed E-state index contributed by atoms with van der Waals surface area (Å²) in [5, 5.41) is 2.36. The molecule has 1 amide bonds. The van der Waals surface area contributed by atoms with Crippen LogP contribution in [-0.4, -0.2) is 40.6 Å². The van der Waals surface area contributed by atoms with Crippen LogP contribution in [0, 0.1) is 5.92 Å². The van der Waals surface area contributed by atoms with Gasteiger partial charge in [0, 0.05) is 5.56 Å². The molecule has 2 N–H and O–H groups in total. The molecule has 0 heterocycles. The fraction of sp³-hybridized carbons (Fsp3) is 0.300. The van der Waals surface area contributed by atoms with Gasteiger partial charge in [-0.2, -0.15) is 0 Å². The predicted molar refractivity (Wildman–Crippen MR) is 111 cm³/mol. The summed E-state index contributed by atoms with van der Waals surface area (Å²) in [5.74, 6) is -0.418. The van der Waals surface area contributed by atoms with E-state index in [1.807, 2.05) is 0 Å². The second-order valence-corrected chi connectivity index (χ2v) is 8.82. The van der Waals surface area contributed by atoms with Crippen molar-refractivity contribution in [3.63, 3.8) is 0 Å². The summed E-state index contributed by atoms with van der Waals surface area (Å²) < 4.78 is 38.2. The number of hydrogen-bond donors (Lipinski definition) is 2. The zero-order valence-corrected chi connectivity index (χ0v) is 17.8. The first-order valence-corrected chi connectivity index (χ1v) is 11.1. The first kappa shape index (κ1) is 21.9. The largest absolute Gasteiger partial charge is 0.495 e. The third-order valence-electron chi connectivity index (χ3n) is 4.40. The maximum atomic E-state index is 12.8. The van der Waals surface area contributed by atoms with Crippen LogP contribution in [0.5, 0.6) is 5.75 Å². The molecule has 160 valence electrons. The zero-order chi connectivity index (χ0) is 21.7. The number of rotatable bonds is 9. The Kier molecular flexibility index (Phi) is 6.84. The quantitative estimate of drug-likeness (QED) is 0.566. The lowest BCUT2D eigenvalue weighted by Gasteiger charge is -2.13. The maximum absolute atomic E-state index is 12.8. The number of para-hydroxylation sites is 2. The van der Waals surface area contributed by atoms with Crippen molar-refractivity contribution in [2.75, 3.05) is 25.0 Å². The van der Waals surface area contributed by atoms with Crippen LogP contribution in [0.1, 0.15) is 23.2 Å². The highest BCUT2D eigenvalue weighted by Crippen LogP contribution is 2.30. The van der Waals surface area contributed by atoms with E-state index in [0.717, 1.165) is 18.9 Å². The number of carbonyl (C=O) groups excluding carboxylic acids is 2. The van der Waals surface area contributed by atoms with Crippen molar-refractivity contribution in [2.24, 2.45) is 5.92 Å². The van der Waals surface area contributed by atoms with Crippen LogP contribution in [0.2, 0.25) is 5.02 Å². The summed E-state index contributed by atoms with van der Waals surface area (Å²) in [7, 11) is -2.69. The Bertz CT molecular complexity index is 1050. The summed E-state index contributed by atoms with van der Waals surface area (Å²) in [6.07, 6.45) is 2.09. The van der Waals surface area contributed by atoms with Crippen LogP contribution in [-0.2, 0) is 19.6 Å². The Morgan fingerprint density at radius 2 is 1.90 bits per heavy atom. The highest BCUT2D eigenvalue weighted by molar-refractivity contribution is 7.92. The molecule has 0 spiro atoms. The first-order chi connectivity index (χ1) is 14.3. The molecule has 0 unspecified atom stereocenters. The number of carbonyl (C=O) groups is 2. The van der Waals surface area contributed by atoms with Crippen LogP contribution >= 0.6 is 11.6 Å². The molecule has 30 heavy (non-hydrogen) atoms. The van der Waals surface area contributed by atoms with Gasteiger partial charge in [-0.25, -0.2) is 8.42 Å². The van der Waals surface area contributed by atoms with Gasteiger partial charge in [0.2, 0.25) is 0 Å². The molecule has 1 aliphatic carbocycles. The molecule has 3 rings (SSSR count). The average molecular weight is 453 g/mol. The molecule has 0 aliphatic heterocycles. The van der Waals surface area contributed by atoms with Gasteiger partial charge in [0.1, 0.15) is 17.2 Å². The molecule has 1 aliphatic rings. The first-order valence-electron chi connectivity index (χ1n) is 9.19. The number of nitrogens with one attached hydrogen (secondary N) is 2. The van der Waals surface area contributed by atoms with Crippen LogP contribution < -0.4 is 14.8 Å². The average Bonchev–Trinajstić information content (AvgIpc) is 3.55. The number of hydrogen-bond acceptors (Lipinski definition) is 6. The summed E-state index contributed by atoms with van der Waals surface area (Å²) in [4.78, 5) is 23.8. The molecule has 0 atom stereocenters. The second kappa shape index (κ2) is 9.36. The van der Waals surface area contributed by atoms with Crippen LogP contribution in [0.15, 0.2) is 47.4 Å². The van der Waals surface area contributed by atoms with Crippen LogP contribution in [0.25, 0.3) is 0 Å². The SMILES string of the molecule is COc1ccccc1NS(=O)(=O)c1cc(C(=O)NCC(=O)OCC2CC2)ccc1Cl. The van der Waals surface area contributed by atoms with Gasteiger partial charge in [0.15, 0.2) is 0 Å². The number of sulfonamides is 1. The Labute approximate surface area is 179 Å². The summed E-state index contributed by atoms with van der Waals surface area (Å²) in [6, 6.07) is 10.3. The zero-order valence-electron chi connectivity index (χ0n) is 16.2. The van der Waals surface area contributed by atoms with Crippen LogP contribution in [0.4, 0.5) is 5.69 Å². The Morgan fingerprint density at radius 3 is 2.60 bits per heavy atom. The molecule has 0 saturated heterocycles. The number of anilines is 1. The van der Waals surface area contributed by atoms with E-state index in [4.69, 9.17) is 21.1 Å². The molecule has 2 aromatic carbocycles. The van der Waals surface area contributed by atoms with Gasteiger partial charge < -0.3 is 14.8 Å². The van der Waals surface area contributed by atoms with Crippen molar-refractivity contribution >= 4 is 39.2 Å². The lowest BCUT2D eigenvalue weighted by Crippen LogP contribution is -2.31. The fourth-order valence-electron chi connectivity index (χ4n) is 2.58. The molecule has 8 nitrogen and oxygen atoms in total. The van der Waals surface area contributed by atoms with E-state index in [1.165, 1.54) is 25.3 Å². The standard InChI is InChI=1S/C20H21ClN2O6S/c1-28-17-5-3-2-4-16(17)23-30(26,27)18-10-14(8-9-15(18)21)20(25)22-11-19(24)29-12-13-6-7-13/h2-5,8-10,13,23H,6-7,11-12H2,1H3,(H,22,25). The van der Waals surface area contributed by atoms with Crippen molar-refractivity contribution < 1.29 is 27.5 Å². The van der Waals surface area contributed by atoms with E-state index >= 15 is 0 Å². The normalized spacial score (nSPS) is 13.4. The Hall–Kier alpha value is -2.78. The summed E-state index contributed by atoms with van der Waals surface area (Å²) in [5.41, 5.74) is 0.263. The Balaban J connectivity index is 1.71. The van der Waals surface area contributed by atoms with Gasteiger partial charge >= 0.3 is 5.97 Å². The van der Waals surface area contributed by atoms with Gasteiger partial charge in [-0.05, 0) is 49.1 Å². The third kappa shape index (κ3) is 5.64. The molecular weight excluding hydrogens is 432 g/mol. The van der Waals surface area contributed by atoms with Gasteiger partial charge in [-0.15, -0.1) is 0 Å². The second-order valence-electron chi connectivity index (χ2n) is 6.76. The maximum Gasteiger partial charge on any atom is 0.325 e. The van der Waals surface area contributed by atoms with Crippen LogP contribution in [0.3, 0.4) is 0 Å². The minimum absolute atomic E-state index is 0.0368. The van der Waals surface area contributed by atoms with Crippen molar-refractivity contribution in [1.29, 1.82) is 0 Å². The summed E-state index contributed by atoms with van der Waals surface area (Å²) >= 11 is 6.07. The van der Waals surface area contributed by atoms with Gasteiger partial charge in [0.25, 0.3) is 15.9 Å². The van der Waals surface area contributed by atoms with E-state index in [1.54, 1.807) is 18.2 Å². The fourth-order valence-corrected chi connectivity index (χ4v) is 4.18.